The number of hydrogen-bond acceptors (Lipinski definition) is 5. The van der Waals surface area contributed by atoms with E-state index in [4.69, 9.17) is 5.11 Å². The van der Waals surface area contributed by atoms with Gasteiger partial charge in [0, 0.05) is 18.0 Å². The van der Waals surface area contributed by atoms with E-state index in [9.17, 15) is 32.7 Å². The molecule has 0 fully saturated rings. The summed E-state index contributed by atoms with van der Waals surface area (Å²) in [6, 6.07) is 8.96. The molecule has 0 spiro atoms. The summed E-state index contributed by atoms with van der Waals surface area (Å²) in [4.78, 5) is 39.1. The molecule has 1 aromatic carbocycles. The number of aromatic hydroxyl groups is 1. The first-order chi connectivity index (χ1) is 14.0. The van der Waals surface area contributed by atoms with Gasteiger partial charge in [-0.3, -0.25) is 14.4 Å². The highest BCUT2D eigenvalue weighted by atomic mass is 19.4. The SMILES string of the molecule is Cn1c(=O)c(C(=O)NCC(=O)O)c(O)c2cc(-c3ccccc3)nc(C(F)(F)F)c21. The fourth-order valence-electron chi connectivity index (χ4n) is 2.97. The number of carbonyl (C=O) groups is 2. The summed E-state index contributed by atoms with van der Waals surface area (Å²) in [6.07, 6.45) is -4.97. The van der Waals surface area contributed by atoms with E-state index in [1.165, 1.54) is 12.1 Å². The van der Waals surface area contributed by atoms with Crippen molar-refractivity contribution in [2.45, 2.75) is 6.18 Å². The van der Waals surface area contributed by atoms with Crippen LogP contribution >= 0.6 is 0 Å². The maximum atomic E-state index is 13.7. The molecule has 0 unspecified atom stereocenters. The summed E-state index contributed by atoms with van der Waals surface area (Å²) >= 11 is 0. The van der Waals surface area contributed by atoms with Crippen LogP contribution in [0.15, 0.2) is 41.2 Å². The molecule has 0 aliphatic rings. The summed E-state index contributed by atoms with van der Waals surface area (Å²) in [7, 11) is 0.997. The van der Waals surface area contributed by atoms with Crippen LogP contribution in [0.1, 0.15) is 16.1 Å². The Morgan fingerprint density at radius 2 is 1.83 bits per heavy atom. The molecule has 156 valence electrons. The van der Waals surface area contributed by atoms with Gasteiger partial charge in [-0.05, 0) is 6.07 Å². The van der Waals surface area contributed by atoms with Crippen molar-refractivity contribution in [3.63, 3.8) is 0 Å². The highest BCUT2D eigenvalue weighted by Crippen LogP contribution is 2.38. The number of rotatable bonds is 4. The molecule has 30 heavy (non-hydrogen) atoms. The average molecular weight is 421 g/mol. The molecule has 0 saturated carbocycles. The van der Waals surface area contributed by atoms with Crippen LogP contribution in [0.4, 0.5) is 13.2 Å². The van der Waals surface area contributed by atoms with Crippen molar-refractivity contribution < 1.29 is 33.0 Å². The summed E-state index contributed by atoms with van der Waals surface area (Å²) in [6.45, 7) is -0.848. The third-order valence-corrected chi connectivity index (χ3v) is 4.30. The standard InChI is InChI=1S/C19H14F3N3O5/c1-25-14-10(15(28)13(18(25)30)17(29)23-8-12(26)27)7-11(9-5-3-2-4-6-9)24-16(14)19(20,21)22/h2-7,28H,8H2,1H3,(H,23,29)(H,26,27). The van der Waals surface area contributed by atoms with Crippen molar-refractivity contribution in [2.24, 2.45) is 7.05 Å². The van der Waals surface area contributed by atoms with Crippen LogP contribution < -0.4 is 10.9 Å². The molecule has 2 aromatic heterocycles. The number of fused-ring (bicyclic) bond motifs is 1. The molecule has 8 nitrogen and oxygen atoms in total. The zero-order chi connectivity index (χ0) is 22.2. The van der Waals surface area contributed by atoms with Gasteiger partial charge in [0.05, 0.1) is 11.2 Å². The smallest absolute Gasteiger partial charge is 0.435 e. The zero-order valence-corrected chi connectivity index (χ0v) is 15.3. The predicted molar refractivity (Wildman–Crippen MR) is 99.1 cm³/mol. The van der Waals surface area contributed by atoms with Crippen molar-refractivity contribution in [1.82, 2.24) is 14.9 Å². The molecule has 2 heterocycles. The molecule has 0 radical (unpaired) electrons. The lowest BCUT2D eigenvalue weighted by atomic mass is 10.0. The van der Waals surface area contributed by atoms with Crippen molar-refractivity contribution in [2.75, 3.05) is 6.54 Å². The van der Waals surface area contributed by atoms with Gasteiger partial charge < -0.3 is 20.1 Å². The number of nitrogens with one attached hydrogen (secondary N) is 1. The molecule has 0 aliphatic heterocycles. The number of aliphatic carboxylic acids is 1. The predicted octanol–water partition coefficient (Wildman–Crippen LogP) is 2.14. The van der Waals surface area contributed by atoms with Crippen LogP contribution in [0.25, 0.3) is 22.2 Å². The molecule has 3 N–H and O–H groups in total. The minimum absolute atomic E-state index is 0.138. The van der Waals surface area contributed by atoms with Gasteiger partial charge in [-0.15, -0.1) is 0 Å². The number of aryl methyl sites for hydroxylation is 1. The molecule has 0 saturated heterocycles. The number of amides is 1. The summed E-state index contributed by atoms with van der Waals surface area (Å²) in [5.74, 6) is -3.64. The Kier molecular flexibility index (Phi) is 5.21. The highest BCUT2D eigenvalue weighted by Gasteiger charge is 2.38. The number of benzene rings is 1. The van der Waals surface area contributed by atoms with Gasteiger partial charge in [-0.1, -0.05) is 30.3 Å². The second kappa shape index (κ2) is 7.50. The monoisotopic (exact) mass is 421 g/mol. The summed E-state index contributed by atoms with van der Waals surface area (Å²) < 4.78 is 41.7. The first-order valence-corrected chi connectivity index (χ1v) is 8.41. The van der Waals surface area contributed by atoms with Crippen LogP contribution in [0.5, 0.6) is 5.75 Å². The molecule has 1 amide bonds. The highest BCUT2D eigenvalue weighted by molar-refractivity contribution is 6.04. The first-order valence-electron chi connectivity index (χ1n) is 8.41. The number of aromatic nitrogens is 2. The average Bonchev–Trinajstić information content (AvgIpc) is 2.69. The van der Waals surface area contributed by atoms with Crippen LogP contribution in [0.2, 0.25) is 0 Å². The van der Waals surface area contributed by atoms with Gasteiger partial charge >= 0.3 is 12.1 Å². The summed E-state index contributed by atoms with van der Waals surface area (Å²) in [5, 5.41) is 20.7. The molecule has 3 rings (SSSR count). The molecule has 11 heteroatoms. The molecule has 0 aliphatic carbocycles. The van der Waals surface area contributed by atoms with Gasteiger partial charge in [0.15, 0.2) is 5.69 Å². The Balaban J connectivity index is 2.38. The van der Waals surface area contributed by atoms with Crippen molar-refractivity contribution >= 4 is 22.8 Å². The van der Waals surface area contributed by atoms with Crippen LogP contribution in [-0.2, 0) is 18.0 Å². The number of carbonyl (C=O) groups excluding carboxylic acids is 1. The normalized spacial score (nSPS) is 11.5. The van der Waals surface area contributed by atoms with Crippen molar-refractivity contribution in [3.8, 4) is 17.0 Å². The quantitative estimate of drug-likeness (QED) is 0.594. The Hall–Kier alpha value is -3.89. The van der Waals surface area contributed by atoms with E-state index in [1.807, 2.05) is 5.32 Å². The maximum Gasteiger partial charge on any atom is 0.435 e. The summed E-state index contributed by atoms with van der Waals surface area (Å²) in [5.41, 5.74) is -4.05. The van der Waals surface area contributed by atoms with Crippen molar-refractivity contribution in [1.29, 1.82) is 0 Å². The first kappa shape index (κ1) is 20.8. The fraction of sp³-hybridized carbons (Fsp3) is 0.158. The Morgan fingerprint density at radius 3 is 2.40 bits per heavy atom. The van der Waals surface area contributed by atoms with Gasteiger partial charge in [0.25, 0.3) is 11.5 Å². The molecular weight excluding hydrogens is 407 g/mol. The topological polar surface area (TPSA) is 122 Å². The fourth-order valence-corrected chi connectivity index (χ4v) is 2.97. The number of halogens is 3. The lowest BCUT2D eigenvalue weighted by Crippen LogP contribution is -2.35. The van der Waals surface area contributed by atoms with Gasteiger partial charge in [-0.2, -0.15) is 13.2 Å². The van der Waals surface area contributed by atoms with Crippen molar-refractivity contribution in [3.05, 3.63) is 58.0 Å². The van der Waals surface area contributed by atoms with Crippen LogP contribution in [0, 0.1) is 0 Å². The number of carboxylic acid groups (broad SMARTS) is 1. The van der Waals surface area contributed by atoms with E-state index in [1.54, 1.807) is 18.2 Å². The Labute approximate surface area is 166 Å². The number of alkyl halides is 3. The Bertz CT molecular complexity index is 1220. The van der Waals surface area contributed by atoms with Gasteiger partial charge in [0.1, 0.15) is 17.9 Å². The number of carboxylic acids is 1. The second-order valence-corrected chi connectivity index (χ2v) is 6.28. The van der Waals surface area contributed by atoms with E-state index in [0.717, 1.165) is 13.1 Å². The third kappa shape index (κ3) is 3.69. The number of pyridine rings is 2. The maximum absolute atomic E-state index is 13.7. The number of nitrogens with zero attached hydrogens (tertiary/aromatic N) is 2. The third-order valence-electron chi connectivity index (χ3n) is 4.30. The van der Waals surface area contributed by atoms with Crippen LogP contribution in [-0.4, -0.2) is 38.2 Å². The van der Waals surface area contributed by atoms with E-state index < -0.39 is 58.1 Å². The van der Waals surface area contributed by atoms with Gasteiger partial charge in [-0.25, -0.2) is 4.98 Å². The lowest BCUT2D eigenvalue weighted by Gasteiger charge is -2.17. The largest absolute Gasteiger partial charge is 0.506 e. The molecule has 3 aromatic rings. The lowest BCUT2D eigenvalue weighted by molar-refractivity contribution is -0.140. The van der Waals surface area contributed by atoms with E-state index in [2.05, 4.69) is 4.98 Å². The second-order valence-electron chi connectivity index (χ2n) is 6.28. The zero-order valence-electron chi connectivity index (χ0n) is 15.3. The van der Waals surface area contributed by atoms with E-state index in [-0.39, 0.29) is 5.69 Å². The van der Waals surface area contributed by atoms with E-state index in [0.29, 0.717) is 10.1 Å². The van der Waals surface area contributed by atoms with Crippen LogP contribution in [0.3, 0.4) is 0 Å². The Morgan fingerprint density at radius 1 is 1.20 bits per heavy atom. The number of hydrogen-bond donors (Lipinski definition) is 3. The molecule has 0 atom stereocenters. The minimum Gasteiger partial charge on any atom is -0.506 e. The van der Waals surface area contributed by atoms with E-state index >= 15 is 0 Å². The van der Waals surface area contributed by atoms with Gasteiger partial charge in [0.2, 0.25) is 0 Å². The molecule has 0 bridgehead atoms. The minimum atomic E-state index is -4.97. The molecular formula is C19H14F3N3O5.